The second-order valence-corrected chi connectivity index (χ2v) is 8.18. The molecule has 27 heavy (non-hydrogen) atoms. The van der Waals surface area contributed by atoms with Crippen molar-refractivity contribution < 1.29 is 22.3 Å². The number of ether oxygens (including phenoxy) is 2. The van der Waals surface area contributed by atoms with Crippen molar-refractivity contribution in [2.24, 2.45) is 5.92 Å². The second kappa shape index (κ2) is 8.14. The van der Waals surface area contributed by atoms with Gasteiger partial charge in [-0.15, -0.1) is 0 Å². The van der Waals surface area contributed by atoms with Gasteiger partial charge in [-0.1, -0.05) is 0 Å². The lowest BCUT2D eigenvalue weighted by molar-refractivity contribution is 0.391. The topological polar surface area (TPSA) is 67.9 Å². The van der Waals surface area contributed by atoms with E-state index in [1.807, 2.05) is 0 Å². The third-order valence-electron chi connectivity index (χ3n) is 4.70. The minimum Gasteiger partial charge on any atom is -0.497 e. The summed E-state index contributed by atoms with van der Waals surface area (Å²) in [6.07, 6.45) is 0.856. The molecule has 6 nitrogen and oxygen atoms in total. The molecule has 2 aromatic carbocycles. The van der Waals surface area contributed by atoms with E-state index in [4.69, 9.17) is 9.47 Å². The van der Waals surface area contributed by atoms with E-state index in [0.717, 1.165) is 18.7 Å². The molecule has 3 rings (SSSR count). The van der Waals surface area contributed by atoms with E-state index in [0.29, 0.717) is 18.8 Å². The van der Waals surface area contributed by atoms with Crippen molar-refractivity contribution in [2.45, 2.75) is 11.3 Å². The highest BCUT2D eigenvalue weighted by Crippen LogP contribution is 2.29. The molecule has 0 aliphatic carbocycles. The predicted molar refractivity (Wildman–Crippen MR) is 101 cm³/mol. The van der Waals surface area contributed by atoms with Crippen LogP contribution in [0.1, 0.15) is 6.42 Å². The number of rotatable bonds is 7. The summed E-state index contributed by atoms with van der Waals surface area (Å²) in [7, 11) is -0.825. The molecule has 1 unspecified atom stereocenters. The molecule has 1 saturated heterocycles. The molecule has 0 spiro atoms. The SMILES string of the molecule is COc1ccc(OC)c(S(=O)(=O)NCC2CCN(c3ccc(F)cc3)C2)c1. The number of hydrogen-bond donors (Lipinski definition) is 1. The number of methoxy groups -OCH3 is 2. The van der Waals surface area contributed by atoms with E-state index in [2.05, 4.69) is 9.62 Å². The van der Waals surface area contributed by atoms with Crippen LogP contribution < -0.4 is 19.1 Å². The van der Waals surface area contributed by atoms with Gasteiger partial charge >= 0.3 is 0 Å². The van der Waals surface area contributed by atoms with Crippen LogP contribution in [0.3, 0.4) is 0 Å². The Bertz CT molecular complexity index is 887. The maximum Gasteiger partial charge on any atom is 0.244 e. The minimum absolute atomic E-state index is 0.0535. The fourth-order valence-electron chi connectivity index (χ4n) is 3.19. The molecule has 1 fully saturated rings. The van der Waals surface area contributed by atoms with E-state index in [-0.39, 0.29) is 22.4 Å². The fraction of sp³-hybridized carbons (Fsp3) is 0.368. The van der Waals surface area contributed by atoms with Gasteiger partial charge in [0.15, 0.2) is 0 Å². The molecular weight excluding hydrogens is 371 g/mol. The lowest BCUT2D eigenvalue weighted by Crippen LogP contribution is -2.31. The van der Waals surface area contributed by atoms with Crippen LogP contribution in [-0.4, -0.2) is 42.3 Å². The molecule has 0 bridgehead atoms. The van der Waals surface area contributed by atoms with Gasteiger partial charge in [-0.3, -0.25) is 0 Å². The first-order valence-electron chi connectivity index (χ1n) is 8.65. The number of sulfonamides is 1. The van der Waals surface area contributed by atoms with Gasteiger partial charge < -0.3 is 14.4 Å². The molecule has 1 aliphatic rings. The average Bonchev–Trinajstić information content (AvgIpc) is 3.15. The summed E-state index contributed by atoms with van der Waals surface area (Å²) in [6.45, 7) is 1.84. The Morgan fingerprint density at radius 3 is 2.56 bits per heavy atom. The van der Waals surface area contributed by atoms with E-state index in [1.165, 1.54) is 32.4 Å². The van der Waals surface area contributed by atoms with Crippen molar-refractivity contribution in [3.8, 4) is 11.5 Å². The fourth-order valence-corrected chi connectivity index (χ4v) is 4.48. The number of hydrogen-bond acceptors (Lipinski definition) is 5. The molecule has 1 N–H and O–H groups in total. The average molecular weight is 394 g/mol. The Hall–Kier alpha value is -2.32. The minimum atomic E-state index is -3.73. The van der Waals surface area contributed by atoms with Crippen LogP contribution in [0, 0.1) is 11.7 Å². The van der Waals surface area contributed by atoms with Crippen molar-refractivity contribution in [3.63, 3.8) is 0 Å². The van der Waals surface area contributed by atoms with E-state index < -0.39 is 10.0 Å². The van der Waals surface area contributed by atoms with Gasteiger partial charge in [0.2, 0.25) is 10.0 Å². The molecule has 8 heteroatoms. The van der Waals surface area contributed by atoms with Gasteiger partial charge in [-0.2, -0.15) is 0 Å². The van der Waals surface area contributed by atoms with Crippen LogP contribution >= 0.6 is 0 Å². The second-order valence-electron chi connectivity index (χ2n) is 6.45. The van der Waals surface area contributed by atoms with E-state index in [1.54, 1.807) is 24.3 Å². The number of nitrogens with zero attached hydrogens (tertiary/aromatic N) is 1. The summed E-state index contributed by atoms with van der Waals surface area (Å²) in [4.78, 5) is 2.18. The van der Waals surface area contributed by atoms with Crippen molar-refractivity contribution >= 4 is 15.7 Å². The van der Waals surface area contributed by atoms with Crippen LogP contribution in [0.15, 0.2) is 47.4 Å². The number of anilines is 1. The van der Waals surface area contributed by atoms with Crippen LogP contribution in [0.25, 0.3) is 0 Å². The summed E-state index contributed by atoms with van der Waals surface area (Å²) in [5, 5.41) is 0. The highest BCUT2D eigenvalue weighted by Gasteiger charge is 2.26. The van der Waals surface area contributed by atoms with Crippen LogP contribution in [0.2, 0.25) is 0 Å². The van der Waals surface area contributed by atoms with E-state index >= 15 is 0 Å². The number of halogens is 1. The van der Waals surface area contributed by atoms with Gasteiger partial charge in [0, 0.05) is 31.4 Å². The Labute approximate surface area is 159 Å². The summed E-state index contributed by atoms with van der Waals surface area (Å²) < 4.78 is 51.5. The summed E-state index contributed by atoms with van der Waals surface area (Å²) in [5.41, 5.74) is 0.941. The molecule has 2 aromatic rings. The maximum atomic E-state index is 13.1. The zero-order valence-electron chi connectivity index (χ0n) is 15.3. The highest BCUT2D eigenvalue weighted by molar-refractivity contribution is 7.89. The molecule has 0 radical (unpaired) electrons. The Morgan fingerprint density at radius 1 is 1.15 bits per heavy atom. The molecule has 1 heterocycles. The number of benzene rings is 2. The van der Waals surface area contributed by atoms with Crippen molar-refractivity contribution in [1.29, 1.82) is 0 Å². The van der Waals surface area contributed by atoms with Crippen LogP contribution in [0.4, 0.5) is 10.1 Å². The molecule has 146 valence electrons. The quantitative estimate of drug-likeness (QED) is 0.782. The lowest BCUT2D eigenvalue weighted by Gasteiger charge is -2.19. The largest absolute Gasteiger partial charge is 0.497 e. The van der Waals surface area contributed by atoms with Crippen LogP contribution in [-0.2, 0) is 10.0 Å². The molecule has 0 aromatic heterocycles. The molecule has 0 saturated carbocycles. The van der Waals surface area contributed by atoms with Gasteiger partial charge in [0.25, 0.3) is 0 Å². The molecular formula is C19H23FN2O4S. The van der Waals surface area contributed by atoms with Crippen molar-refractivity contribution in [3.05, 3.63) is 48.3 Å². The Kier molecular flexibility index (Phi) is 5.86. The molecule has 1 aliphatic heterocycles. The Balaban J connectivity index is 1.65. The first kappa shape index (κ1) is 19.4. The maximum absolute atomic E-state index is 13.1. The van der Waals surface area contributed by atoms with Crippen molar-refractivity contribution in [1.82, 2.24) is 4.72 Å². The van der Waals surface area contributed by atoms with Crippen molar-refractivity contribution in [2.75, 3.05) is 38.8 Å². The summed E-state index contributed by atoms with van der Waals surface area (Å²) >= 11 is 0. The smallest absolute Gasteiger partial charge is 0.244 e. The van der Waals surface area contributed by atoms with Gasteiger partial charge in [-0.25, -0.2) is 17.5 Å². The number of nitrogens with one attached hydrogen (secondary N) is 1. The van der Waals surface area contributed by atoms with Gasteiger partial charge in [-0.05, 0) is 48.7 Å². The third kappa shape index (κ3) is 4.51. The summed E-state index contributed by atoms with van der Waals surface area (Å²) in [6, 6.07) is 11.0. The molecule has 1 atom stereocenters. The zero-order valence-corrected chi connectivity index (χ0v) is 16.1. The summed E-state index contributed by atoms with van der Waals surface area (Å²) in [5.74, 6) is 0.609. The normalized spacial score (nSPS) is 17.1. The van der Waals surface area contributed by atoms with Crippen LogP contribution in [0.5, 0.6) is 11.5 Å². The molecule has 0 amide bonds. The van der Waals surface area contributed by atoms with Gasteiger partial charge in [0.05, 0.1) is 14.2 Å². The first-order chi connectivity index (χ1) is 12.9. The monoisotopic (exact) mass is 394 g/mol. The third-order valence-corrected chi connectivity index (χ3v) is 6.14. The standard InChI is InChI=1S/C19H23FN2O4S/c1-25-17-7-8-18(26-2)19(11-17)27(23,24)21-12-14-9-10-22(13-14)16-5-3-15(20)4-6-16/h3-8,11,14,21H,9-10,12-13H2,1-2H3. The van der Waals surface area contributed by atoms with E-state index in [9.17, 15) is 12.8 Å². The predicted octanol–water partition coefficient (Wildman–Crippen LogP) is 2.65. The first-order valence-corrected chi connectivity index (χ1v) is 10.1. The Morgan fingerprint density at radius 2 is 1.89 bits per heavy atom. The lowest BCUT2D eigenvalue weighted by atomic mass is 10.1. The van der Waals surface area contributed by atoms with Gasteiger partial charge in [0.1, 0.15) is 22.2 Å². The highest BCUT2D eigenvalue weighted by atomic mass is 32.2. The zero-order chi connectivity index (χ0) is 19.4.